The third-order valence-electron chi connectivity index (χ3n) is 4.56. The zero-order chi connectivity index (χ0) is 14.8. The summed E-state index contributed by atoms with van der Waals surface area (Å²) in [5.74, 6) is 2.28. The molecule has 2 atom stereocenters. The summed E-state index contributed by atoms with van der Waals surface area (Å²) in [5.41, 5.74) is 0. The molecule has 1 aliphatic heterocycles. The number of nitrogens with zero attached hydrogens (tertiary/aromatic N) is 3. The minimum atomic E-state index is 0.234. The Bertz CT molecular complexity index is 498. The summed E-state index contributed by atoms with van der Waals surface area (Å²) < 4.78 is 5.24. The molecule has 1 aliphatic carbocycles. The lowest BCUT2D eigenvalue weighted by molar-refractivity contribution is -0.134. The molecule has 6 nitrogen and oxygen atoms in total. The van der Waals surface area contributed by atoms with Crippen LogP contribution in [0.5, 0.6) is 0 Å². The summed E-state index contributed by atoms with van der Waals surface area (Å²) in [4.78, 5) is 18.7. The van der Waals surface area contributed by atoms with Crippen LogP contribution >= 0.6 is 0 Å². The maximum absolute atomic E-state index is 12.3. The van der Waals surface area contributed by atoms with Crippen molar-refractivity contribution in [1.82, 2.24) is 20.4 Å². The molecule has 0 bridgehead atoms. The summed E-state index contributed by atoms with van der Waals surface area (Å²) in [6, 6.07) is 0.621. The lowest BCUT2D eigenvalue weighted by atomic mass is 10.1. The van der Waals surface area contributed by atoms with Gasteiger partial charge in [0, 0.05) is 43.9 Å². The van der Waals surface area contributed by atoms with E-state index in [0.29, 0.717) is 30.7 Å². The van der Waals surface area contributed by atoms with Crippen LogP contribution in [-0.2, 0) is 11.2 Å². The van der Waals surface area contributed by atoms with Crippen LogP contribution in [0.2, 0.25) is 0 Å². The molecule has 1 aromatic heterocycles. The molecule has 1 amide bonds. The fourth-order valence-electron chi connectivity index (χ4n) is 2.82. The van der Waals surface area contributed by atoms with E-state index in [1.165, 1.54) is 12.8 Å². The third-order valence-corrected chi connectivity index (χ3v) is 4.56. The number of aryl methyl sites for hydroxylation is 1. The summed E-state index contributed by atoms with van der Waals surface area (Å²) in [6.45, 7) is 5.92. The maximum Gasteiger partial charge on any atom is 0.226 e. The first-order valence-electron chi connectivity index (χ1n) is 8.00. The third kappa shape index (κ3) is 3.43. The van der Waals surface area contributed by atoms with Crippen molar-refractivity contribution in [2.45, 2.75) is 64.0 Å². The average Bonchev–Trinajstić information content (AvgIpc) is 3.22. The quantitative estimate of drug-likeness (QED) is 0.890. The summed E-state index contributed by atoms with van der Waals surface area (Å²) in [7, 11) is 0. The van der Waals surface area contributed by atoms with E-state index in [2.05, 4.69) is 29.3 Å². The van der Waals surface area contributed by atoms with Gasteiger partial charge in [-0.1, -0.05) is 5.16 Å². The Labute approximate surface area is 125 Å². The predicted molar refractivity (Wildman–Crippen MR) is 77.9 cm³/mol. The second-order valence-corrected chi connectivity index (χ2v) is 6.24. The van der Waals surface area contributed by atoms with Crippen molar-refractivity contribution in [2.75, 3.05) is 13.1 Å². The van der Waals surface area contributed by atoms with E-state index in [0.717, 1.165) is 25.3 Å². The molecule has 116 valence electrons. The van der Waals surface area contributed by atoms with Crippen LogP contribution in [0, 0.1) is 0 Å². The standard InChI is InChI=1S/C15H24N4O2/c1-10-11(2)19(9-8-16-10)14(20)5-3-4-13-17-15(18-21-13)12-6-7-12/h10-12,16H,3-9H2,1-2H3. The molecule has 1 saturated carbocycles. The van der Waals surface area contributed by atoms with E-state index in [4.69, 9.17) is 4.52 Å². The van der Waals surface area contributed by atoms with Gasteiger partial charge in [0.1, 0.15) is 0 Å². The predicted octanol–water partition coefficient (Wildman–Crippen LogP) is 1.48. The molecule has 1 N–H and O–H groups in total. The maximum atomic E-state index is 12.3. The number of hydrogen-bond donors (Lipinski definition) is 1. The van der Waals surface area contributed by atoms with Crippen molar-refractivity contribution in [1.29, 1.82) is 0 Å². The van der Waals surface area contributed by atoms with Gasteiger partial charge >= 0.3 is 0 Å². The van der Waals surface area contributed by atoms with Crippen LogP contribution in [-0.4, -0.2) is 46.1 Å². The van der Waals surface area contributed by atoms with E-state index < -0.39 is 0 Å². The molecule has 2 heterocycles. The van der Waals surface area contributed by atoms with E-state index >= 15 is 0 Å². The monoisotopic (exact) mass is 292 g/mol. The molecule has 1 saturated heterocycles. The van der Waals surface area contributed by atoms with Crippen LogP contribution in [0.15, 0.2) is 4.52 Å². The normalized spacial score (nSPS) is 26.1. The first-order chi connectivity index (χ1) is 10.1. The number of piperazine rings is 1. The minimum Gasteiger partial charge on any atom is -0.339 e. The van der Waals surface area contributed by atoms with Gasteiger partial charge in [0.15, 0.2) is 5.82 Å². The van der Waals surface area contributed by atoms with Gasteiger partial charge in [-0.05, 0) is 33.1 Å². The Morgan fingerprint density at radius 1 is 1.43 bits per heavy atom. The lowest BCUT2D eigenvalue weighted by Crippen LogP contribution is -2.57. The Morgan fingerprint density at radius 2 is 2.24 bits per heavy atom. The van der Waals surface area contributed by atoms with Crippen LogP contribution in [0.3, 0.4) is 0 Å². The molecular formula is C15H24N4O2. The van der Waals surface area contributed by atoms with Gasteiger partial charge in [-0.2, -0.15) is 4.98 Å². The molecule has 6 heteroatoms. The van der Waals surface area contributed by atoms with Gasteiger partial charge in [-0.3, -0.25) is 4.79 Å². The molecule has 2 unspecified atom stereocenters. The molecule has 0 radical (unpaired) electrons. The van der Waals surface area contributed by atoms with Crippen LogP contribution < -0.4 is 5.32 Å². The molecule has 2 aliphatic rings. The zero-order valence-corrected chi connectivity index (χ0v) is 12.8. The number of rotatable bonds is 5. The highest BCUT2D eigenvalue weighted by Gasteiger charge is 2.29. The SMILES string of the molecule is CC1NCCN(C(=O)CCCc2nc(C3CC3)no2)C1C. The van der Waals surface area contributed by atoms with E-state index in [1.54, 1.807) is 0 Å². The number of carbonyl (C=O) groups is 1. The van der Waals surface area contributed by atoms with Crippen molar-refractivity contribution in [3.8, 4) is 0 Å². The highest BCUT2D eigenvalue weighted by molar-refractivity contribution is 5.76. The van der Waals surface area contributed by atoms with E-state index in [1.807, 2.05) is 4.90 Å². The Kier molecular flexibility index (Phi) is 4.24. The Hall–Kier alpha value is -1.43. The molecule has 1 aromatic rings. The highest BCUT2D eigenvalue weighted by atomic mass is 16.5. The molecule has 21 heavy (non-hydrogen) atoms. The largest absolute Gasteiger partial charge is 0.339 e. The Balaban J connectivity index is 1.44. The Morgan fingerprint density at radius 3 is 3.00 bits per heavy atom. The van der Waals surface area contributed by atoms with Crippen molar-refractivity contribution in [3.63, 3.8) is 0 Å². The second-order valence-electron chi connectivity index (χ2n) is 6.24. The number of hydrogen-bond acceptors (Lipinski definition) is 5. The second kappa shape index (κ2) is 6.13. The van der Waals surface area contributed by atoms with Crippen LogP contribution in [0.1, 0.15) is 57.2 Å². The van der Waals surface area contributed by atoms with Crippen LogP contribution in [0.25, 0.3) is 0 Å². The number of aromatic nitrogens is 2. The van der Waals surface area contributed by atoms with E-state index in [9.17, 15) is 4.79 Å². The zero-order valence-electron chi connectivity index (χ0n) is 12.8. The fraction of sp³-hybridized carbons (Fsp3) is 0.800. The van der Waals surface area contributed by atoms with Gasteiger partial charge < -0.3 is 14.7 Å². The van der Waals surface area contributed by atoms with Crippen molar-refractivity contribution >= 4 is 5.91 Å². The van der Waals surface area contributed by atoms with Crippen molar-refractivity contribution < 1.29 is 9.32 Å². The summed E-state index contributed by atoms with van der Waals surface area (Å²) >= 11 is 0. The van der Waals surface area contributed by atoms with Gasteiger partial charge in [0.2, 0.25) is 11.8 Å². The summed E-state index contributed by atoms with van der Waals surface area (Å²) in [6.07, 6.45) is 4.38. The average molecular weight is 292 g/mol. The lowest BCUT2D eigenvalue weighted by Gasteiger charge is -2.38. The molecular weight excluding hydrogens is 268 g/mol. The van der Waals surface area contributed by atoms with Crippen molar-refractivity contribution in [3.05, 3.63) is 11.7 Å². The first kappa shape index (κ1) is 14.5. The topological polar surface area (TPSA) is 71.3 Å². The minimum absolute atomic E-state index is 0.234. The van der Waals surface area contributed by atoms with E-state index in [-0.39, 0.29) is 11.9 Å². The number of carbonyl (C=O) groups excluding carboxylic acids is 1. The van der Waals surface area contributed by atoms with Gasteiger partial charge in [-0.25, -0.2) is 0 Å². The van der Waals surface area contributed by atoms with Gasteiger partial charge in [0.25, 0.3) is 0 Å². The molecule has 0 aromatic carbocycles. The molecule has 2 fully saturated rings. The molecule has 3 rings (SSSR count). The van der Waals surface area contributed by atoms with Crippen LogP contribution in [0.4, 0.5) is 0 Å². The van der Waals surface area contributed by atoms with Gasteiger partial charge in [-0.15, -0.1) is 0 Å². The number of nitrogens with one attached hydrogen (secondary N) is 1. The number of amides is 1. The first-order valence-corrected chi connectivity index (χ1v) is 8.00. The van der Waals surface area contributed by atoms with Crippen molar-refractivity contribution in [2.24, 2.45) is 0 Å². The summed E-state index contributed by atoms with van der Waals surface area (Å²) in [5, 5.41) is 7.39. The smallest absolute Gasteiger partial charge is 0.226 e. The highest BCUT2D eigenvalue weighted by Crippen LogP contribution is 2.38. The van der Waals surface area contributed by atoms with Gasteiger partial charge in [0.05, 0.1) is 0 Å². The molecule has 0 spiro atoms. The fourth-order valence-corrected chi connectivity index (χ4v) is 2.82.